The summed E-state index contributed by atoms with van der Waals surface area (Å²) in [6.07, 6.45) is 5.55. The molecular formula is C16H20Cl2. The summed E-state index contributed by atoms with van der Waals surface area (Å²) in [6, 6.07) is 7.93. The maximum atomic E-state index is 5.72. The molecule has 1 aromatic carbocycles. The second-order valence-corrected chi connectivity index (χ2v) is 4.56. The van der Waals surface area contributed by atoms with E-state index in [4.69, 9.17) is 23.2 Å². The van der Waals surface area contributed by atoms with Gasteiger partial charge in [-0.3, -0.25) is 0 Å². The topological polar surface area (TPSA) is 0 Å². The summed E-state index contributed by atoms with van der Waals surface area (Å²) < 4.78 is 0. The Morgan fingerprint density at radius 1 is 1.33 bits per heavy atom. The first kappa shape index (κ1) is 17.0. The number of allylic oxidation sites excluding steroid dienone is 4. The predicted octanol–water partition coefficient (Wildman–Crippen LogP) is 6.16. The van der Waals surface area contributed by atoms with E-state index in [1.54, 1.807) is 6.08 Å². The van der Waals surface area contributed by atoms with Gasteiger partial charge in [0.1, 0.15) is 0 Å². The van der Waals surface area contributed by atoms with E-state index in [9.17, 15) is 0 Å². The zero-order valence-corrected chi connectivity index (χ0v) is 12.6. The molecule has 1 aromatic rings. The molecule has 0 aliphatic heterocycles. The second kappa shape index (κ2) is 9.99. The minimum absolute atomic E-state index is 0.609. The number of hydrogen-bond acceptors (Lipinski definition) is 0. The summed E-state index contributed by atoms with van der Waals surface area (Å²) in [4.78, 5) is 0. The summed E-state index contributed by atoms with van der Waals surface area (Å²) in [5, 5.41) is 1.44. The largest absolute Gasteiger partial charge is 0.0991 e. The number of hydrogen-bond donors (Lipinski definition) is 0. The Labute approximate surface area is 121 Å². The molecule has 0 spiro atoms. The van der Waals surface area contributed by atoms with Crippen molar-refractivity contribution in [3.8, 4) is 0 Å². The molecule has 98 valence electrons. The van der Waals surface area contributed by atoms with Gasteiger partial charge in [-0.1, -0.05) is 74.5 Å². The number of aryl methyl sites for hydroxylation is 1. The summed E-state index contributed by atoms with van der Waals surface area (Å²) >= 11 is 11.3. The molecule has 0 heterocycles. The van der Waals surface area contributed by atoms with Crippen LogP contribution in [0.3, 0.4) is 0 Å². The molecule has 0 bridgehead atoms. The van der Waals surface area contributed by atoms with Crippen LogP contribution < -0.4 is 0 Å². The van der Waals surface area contributed by atoms with Crippen LogP contribution in [0.5, 0.6) is 0 Å². The van der Waals surface area contributed by atoms with Gasteiger partial charge in [0.25, 0.3) is 0 Å². The Hall–Kier alpha value is -0.980. The molecule has 0 aliphatic rings. The van der Waals surface area contributed by atoms with Crippen LogP contribution in [-0.4, -0.2) is 0 Å². The van der Waals surface area contributed by atoms with Crippen LogP contribution in [0.1, 0.15) is 25.8 Å². The van der Waals surface area contributed by atoms with Crippen molar-refractivity contribution in [1.29, 1.82) is 0 Å². The molecule has 0 aromatic heterocycles. The molecule has 0 nitrogen and oxygen atoms in total. The summed E-state index contributed by atoms with van der Waals surface area (Å²) in [7, 11) is 0. The van der Waals surface area contributed by atoms with E-state index in [1.165, 1.54) is 5.56 Å². The van der Waals surface area contributed by atoms with Crippen LogP contribution in [0, 0.1) is 0 Å². The lowest BCUT2D eigenvalue weighted by Crippen LogP contribution is -1.76. The first-order valence-electron chi connectivity index (χ1n) is 5.95. The lowest BCUT2D eigenvalue weighted by Gasteiger charge is -1.96. The monoisotopic (exact) mass is 282 g/mol. The molecule has 18 heavy (non-hydrogen) atoms. The van der Waals surface area contributed by atoms with Crippen LogP contribution in [0.4, 0.5) is 0 Å². The highest BCUT2D eigenvalue weighted by molar-refractivity contribution is 6.31. The van der Waals surface area contributed by atoms with Gasteiger partial charge in [-0.15, -0.1) is 0 Å². The second-order valence-electron chi connectivity index (χ2n) is 3.67. The predicted molar refractivity (Wildman–Crippen MR) is 84.4 cm³/mol. The van der Waals surface area contributed by atoms with Gasteiger partial charge >= 0.3 is 0 Å². The fourth-order valence-electron chi connectivity index (χ4n) is 1.30. The summed E-state index contributed by atoms with van der Waals surface area (Å²) in [6.45, 7) is 11.3. The molecule has 0 atom stereocenters. The molecule has 0 fully saturated rings. The fraction of sp³-hybridized carbons (Fsp3) is 0.250. The average molecular weight is 283 g/mol. The van der Waals surface area contributed by atoms with E-state index >= 15 is 0 Å². The third kappa shape index (κ3) is 7.37. The third-order valence-electron chi connectivity index (χ3n) is 2.35. The molecule has 0 saturated carbocycles. The summed E-state index contributed by atoms with van der Waals surface area (Å²) in [5.74, 6) is 0. The fourth-order valence-corrected chi connectivity index (χ4v) is 1.71. The lowest BCUT2D eigenvalue weighted by molar-refractivity contribution is 1.14. The molecule has 0 saturated heterocycles. The standard InChI is InChI=1S/C8H9Cl.C8H11Cl/c1-2-7-4-3-5-8(9)6-7;1-4-6-8(5-2)7(3)9/h3-6H,2H2,1H3;4,6H,1,3,5H2,2H3/b;8-6-. The number of benzene rings is 1. The van der Waals surface area contributed by atoms with Gasteiger partial charge in [0.2, 0.25) is 0 Å². The van der Waals surface area contributed by atoms with Gasteiger partial charge < -0.3 is 0 Å². The van der Waals surface area contributed by atoms with Gasteiger partial charge in [-0.05, 0) is 36.1 Å². The van der Waals surface area contributed by atoms with Crippen molar-refractivity contribution in [3.05, 3.63) is 70.8 Å². The Balaban J connectivity index is 0.000000321. The van der Waals surface area contributed by atoms with Crippen molar-refractivity contribution in [3.63, 3.8) is 0 Å². The Kier molecular flexibility index (Phi) is 9.45. The van der Waals surface area contributed by atoms with Crippen molar-refractivity contribution in [2.45, 2.75) is 26.7 Å². The van der Waals surface area contributed by atoms with Gasteiger partial charge in [0.15, 0.2) is 0 Å². The normalized spacial score (nSPS) is 10.3. The third-order valence-corrected chi connectivity index (χ3v) is 2.82. The van der Waals surface area contributed by atoms with E-state index in [0.717, 1.165) is 23.4 Å². The van der Waals surface area contributed by atoms with Crippen LogP contribution >= 0.6 is 23.2 Å². The maximum absolute atomic E-state index is 5.72. The zero-order chi connectivity index (χ0) is 14.0. The SMILES string of the molecule is C=C/C=C(/CC)C(=C)Cl.CCc1cccc(Cl)c1. The highest BCUT2D eigenvalue weighted by Crippen LogP contribution is 2.14. The van der Waals surface area contributed by atoms with Crippen molar-refractivity contribution in [2.75, 3.05) is 0 Å². The van der Waals surface area contributed by atoms with Crippen molar-refractivity contribution >= 4 is 23.2 Å². The Bertz CT molecular complexity index is 417. The molecule has 0 aliphatic carbocycles. The van der Waals surface area contributed by atoms with E-state index in [1.807, 2.05) is 31.2 Å². The molecule has 0 N–H and O–H groups in total. The number of rotatable bonds is 4. The van der Waals surface area contributed by atoms with E-state index in [0.29, 0.717) is 5.03 Å². The van der Waals surface area contributed by atoms with E-state index in [-0.39, 0.29) is 0 Å². The van der Waals surface area contributed by atoms with Crippen LogP contribution in [-0.2, 0) is 6.42 Å². The van der Waals surface area contributed by atoms with E-state index < -0.39 is 0 Å². The first-order valence-corrected chi connectivity index (χ1v) is 6.71. The Morgan fingerprint density at radius 3 is 2.28 bits per heavy atom. The van der Waals surface area contributed by atoms with Crippen molar-refractivity contribution < 1.29 is 0 Å². The smallest absolute Gasteiger partial charge is 0.0408 e. The first-order chi connectivity index (χ1) is 8.54. The van der Waals surface area contributed by atoms with E-state index in [2.05, 4.69) is 26.1 Å². The molecule has 0 amide bonds. The van der Waals surface area contributed by atoms with Crippen LogP contribution in [0.2, 0.25) is 5.02 Å². The molecule has 2 heteroatoms. The lowest BCUT2D eigenvalue weighted by atomic mass is 10.2. The quantitative estimate of drug-likeness (QED) is 0.580. The highest BCUT2D eigenvalue weighted by Gasteiger charge is 1.92. The van der Waals surface area contributed by atoms with Crippen LogP contribution in [0.25, 0.3) is 0 Å². The minimum atomic E-state index is 0.609. The zero-order valence-electron chi connectivity index (χ0n) is 11.0. The molecule has 0 unspecified atom stereocenters. The Morgan fingerprint density at radius 2 is 2.00 bits per heavy atom. The van der Waals surface area contributed by atoms with Crippen LogP contribution in [0.15, 0.2) is 60.2 Å². The average Bonchev–Trinajstić information content (AvgIpc) is 2.36. The van der Waals surface area contributed by atoms with Gasteiger partial charge in [0.05, 0.1) is 0 Å². The van der Waals surface area contributed by atoms with Crippen molar-refractivity contribution in [2.24, 2.45) is 0 Å². The highest BCUT2D eigenvalue weighted by atomic mass is 35.5. The molecule has 1 rings (SSSR count). The number of halogens is 2. The van der Waals surface area contributed by atoms with Crippen molar-refractivity contribution in [1.82, 2.24) is 0 Å². The maximum Gasteiger partial charge on any atom is 0.0408 e. The molecule has 0 radical (unpaired) electrons. The van der Waals surface area contributed by atoms with Gasteiger partial charge in [-0.2, -0.15) is 0 Å². The van der Waals surface area contributed by atoms with Gasteiger partial charge in [0, 0.05) is 10.1 Å². The summed E-state index contributed by atoms with van der Waals surface area (Å²) in [5.41, 5.74) is 2.34. The molecular weight excluding hydrogens is 263 g/mol. The minimum Gasteiger partial charge on any atom is -0.0991 e. The van der Waals surface area contributed by atoms with Gasteiger partial charge in [-0.25, -0.2) is 0 Å².